The van der Waals surface area contributed by atoms with Crippen LogP contribution >= 0.6 is 0 Å². The molecule has 1 fully saturated rings. The number of pyridine rings is 2. The van der Waals surface area contributed by atoms with Crippen LogP contribution in [0.25, 0.3) is 22.6 Å². The van der Waals surface area contributed by atoms with Crippen LogP contribution in [0.1, 0.15) is 37.4 Å². The van der Waals surface area contributed by atoms with Crippen molar-refractivity contribution in [1.82, 2.24) is 19.5 Å². The first-order valence-corrected chi connectivity index (χ1v) is 17.6. The van der Waals surface area contributed by atoms with Crippen LogP contribution in [0.5, 0.6) is 5.88 Å². The molecule has 0 spiro atoms. The number of carbonyl (C=O) groups is 1. The van der Waals surface area contributed by atoms with Gasteiger partial charge in [0.2, 0.25) is 5.88 Å². The maximum absolute atomic E-state index is 15.4. The van der Waals surface area contributed by atoms with Crippen LogP contribution in [0, 0.1) is 18.2 Å². The summed E-state index contributed by atoms with van der Waals surface area (Å²) in [5.41, 5.74) is -0.473. The van der Waals surface area contributed by atoms with E-state index in [2.05, 4.69) is 34.6 Å². The van der Waals surface area contributed by atoms with E-state index in [1.54, 1.807) is 19.9 Å². The summed E-state index contributed by atoms with van der Waals surface area (Å²) in [6.45, 7) is 10.7. The molecule has 4 rings (SSSR count). The van der Waals surface area contributed by atoms with Crippen molar-refractivity contribution >= 4 is 14.0 Å². The van der Waals surface area contributed by atoms with Crippen molar-refractivity contribution < 1.29 is 36.6 Å². The molecule has 42 heavy (non-hydrogen) atoms. The van der Waals surface area contributed by atoms with Crippen molar-refractivity contribution in [3.63, 3.8) is 0 Å². The lowest BCUT2D eigenvalue weighted by molar-refractivity contribution is -0.163. The van der Waals surface area contributed by atoms with Gasteiger partial charge in [0, 0.05) is 50.5 Å². The highest BCUT2D eigenvalue weighted by atomic mass is 28.3. The van der Waals surface area contributed by atoms with Gasteiger partial charge in [-0.2, -0.15) is 13.2 Å². The molecule has 228 valence electrons. The Kier molecular flexibility index (Phi) is 9.41. The van der Waals surface area contributed by atoms with Gasteiger partial charge in [0.1, 0.15) is 24.4 Å². The van der Waals surface area contributed by atoms with Gasteiger partial charge >= 0.3 is 12.1 Å². The number of imidazole rings is 1. The predicted octanol–water partition coefficient (Wildman–Crippen LogP) is 6.90. The van der Waals surface area contributed by atoms with E-state index in [4.69, 9.17) is 14.2 Å². The SMILES string of the molecule is CCOC(=O)C1(COc2cc(C)c(-c3cnc(-c4nc(C(F)(F)F)cn4COCC[Si](C)(C)C)c(F)c3)cn2)CCC1. The third kappa shape index (κ3) is 7.35. The number of esters is 1. The zero-order chi connectivity index (χ0) is 30.7. The summed E-state index contributed by atoms with van der Waals surface area (Å²) >= 11 is 0. The Bertz CT molecular complexity index is 1420. The van der Waals surface area contributed by atoms with E-state index in [1.165, 1.54) is 18.5 Å². The molecule has 0 aliphatic heterocycles. The molecule has 3 aromatic heterocycles. The van der Waals surface area contributed by atoms with Gasteiger partial charge in [-0.3, -0.25) is 4.79 Å². The van der Waals surface area contributed by atoms with Gasteiger partial charge in [-0.25, -0.2) is 19.3 Å². The highest BCUT2D eigenvalue weighted by Gasteiger charge is 2.46. The molecule has 3 aromatic rings. The molecule has 0 radical (unpaired) electrons. The van der Waals surface area contributed by atoms with Crippen molar-refractivity contribution in [3.8, 4) is 28.5 Å². The second kappa shape index (κ2) is 12.5. The highest BCUT2D eigenvalue weighted by molar-refractivity contribution is 6.76. The summed E-state index contributed by atoms with van der Waals surface area (Å²) < 4.78 is 73.5. The normalized spacial score (nSPS) is 14.9. The van der Waals surface area contributed by atoms with Crippen molar-refractivity contribution in [2.45, 2.75) is 71.7 Å². The van der Waals surface area contributed by atoms with E-state index < -0.39 is 31.2 Å². The van der Waals surface area contributed by atoms with Crippen molar-refractivity contribution in [2.24, 2.45) is 5.41 Å². The lowest BCUT2D eigenvalue weighted by Crippen LogP contribution is -2.44. The second-order valence-electron chi connectivity index (χ2n) is 11.8. The number of hydrogen-bond acceptors (Lipinski definition) is 7. The summed E-state index contributed by atoms with van der Waals surface area (Å²) in [7, 11) is -1.41. The standard InChI is InChI=1S/C29H36F4N4O4Si/c1-6-40-27(38)28(8-7-9-28)17-41-24-12-19(2)21(15-34-24)20-13-22(30)25(35-14-20)26-36-23(29(31,32)33)16-37(26)18-39-10-11-42(3,4)5/h12-16H,6-11,17-18H2,1-5H3. The molecule has 0 amide bonds. The van der Waals surface area contributed by atoms with Crippen LogP contribution in [0.4, 0.5) is 17.6 Å². The van der Waals surface area contributed by atoms with Crippen molar-refractivity contribution in [1.29, 1.82) is 0 Å². The van der Waals surface area contributed by atoms with Gasteiger partial charge in [0.25, 0.3) is 0 Å². The predicted molar refractivity (Wildman–Crippen MR) is 151 cm³/mol. The number of aromatic nitrogens is 4. The number of carbonyl (C=O) groups excluding carboxylic acids is 1. The fourth-order valence-corrected chi connectivity index (χ4v) is 5.31. The lowest BCUT2D eigenvalue weighted by Gasteiger charge is -2.38. The van der Waals surface area contributed by atoms with Gasteiger partial charge in [-0.15, -0.1) is 0 Å². The molecule has 0 bridgehead atoms. The average Bonchev–Trinajstić information content (AvgIpc) is 3.30. The summed E-state index contributed by atoms with van der Waals surface area (Å²) in [5.74, 6) is -1.07. The smallest absolute Gasteiger partial charge is 0.434 e. The fraction of sp³-hybridized carbons (Fsp3) is 0.517. The molecule has 13 heteroatoms. The molecule has 0 aromatic carbocycles. The maximum Gasteiger partial charge on any atom is 0.434 e. The van der Waals surface area contributed by atoms with Crippen LogP contribution < -0.4 is 4.74 Å². The van der Waals surface area contributed by atoms with Crippen molar-refractivity contribution in [3.05, 3.63) is 47.8 Å². The van der Waals surface area contributed by atoms with E-state index in [0.717, 1.165) is 23.2 Å². The molecule has 0 N–H and O–H groups in total. The minimum Gasteiger partial charge on any atom is -0.476 e. The molecular weight excluding hydrogens is 572 g/mol. The van der Waals surface area contributed by atoms with E-state index in [1.807, 2.05) is 0 Å². The van der Waals surface area contributed by atoms with Crippen LogP contribution in [0.3, 0.4) is 0 Å². The third-order valence-electron chi connectivity index (χ3n) is 7.26. The molecule has 8 nitrogen and oxygen atoms in total. The first kappa shape index (κ1) is 31.6. The molecule has 0 saturated heterocycles. The topological polar surface area (TPSA) is 88.4 Å². The summed E-state index contributed by atoms with van der Waals surface area (Å²) in [6, 6.07) is 3.70. The van der Waals surface area contributed by atoms with Crippen LogP contribution in [0.15, 0.2) is 30.7 Å². The zero-order valence-corrected chi connectivity index (χ0v) is 25.5. The van der Waals surface area contributed by atoms with Gasteiger partial charge in [-0.1, -0.05) is 26.1 Å². The molecule has 1 aliphatic carbocycles. The number of halogens is 4. The summed E-state index contributed by atoms with van der Waals surface area (Å²) in [4.78, 5) is 24.5. The molecular formula is C29H36F4N4O4Si. The minimum absolute atomic E-state index is 0.150. The van der Waals surface area contributed by atoms with Gasteiger partial charge in [-0.05, 0) is 44.4 Å². The fourth-order valence-electron chi connectivity index (χ4n) is 4.55. The minimum atomic E-state index is -4.71. The Balaban J connectivity index is 1.53. The molecule has 0 atom stereocenters. The number of nitrogens with zero attached hydrogens (tertiary/aromatic N) is 4. The number of hydrogen-bond donors (Lipinski definition) is 0. The van der Waals surface area contributed by atoms with E-state index in [9.17, 15) is 18.0 Å². The zero-order valence-electron chi connectivity index (χ0n) is 24.5. The lowest BCUT2D eigenvalue weighted by atomic mass is 9.69. The molecule has 1 saturated carbocycles. The Hall–Kier alpha value is -3.32. The highest BCUT2D eigenvalue weighted by Crippen LogP contribution is 2.42. The molecule has 0 unspecified atom stereocenters. The van der Waals surface area contributed by atoms with Gasteiger partial charge in [0.15, 0.2) is 17.3 Å². The summed E-state index contributed by atoms with van der Waals surface area (Å²) in [5, 5.41) is 0. The second-order valence-corrected chi connectivity index (χ2v) is 17.4. The Morgan fingerprint density at radius 2 is 1.88 bits per heavy atom. The van der Waals surface area contributed by atoms with Crippen molar-refractivity contribution in [2.75, 3.05) is 19.8 Å². The molecule has 1 aliphatic rings. The first-order valence-electron chi connectivity index (χ1n) is 13.9. The number of aryl methyl sites for hydroxylation is 1. The first-order chi connectivity index (χ1) is 19.7. The van der Waals surface area contributed by atoms with Crippen LogP contribution in [-0.4, -0.2) is 53.4 Å². The van der Waals surface area contributed by atoms with Gasteiger partial charge < -0.3 is 18.8 Å². The Morgan fingerprint density at radius 1 is 1.14 bits per heavy atom. The Labute approximate surface area is 243 Å². The Morgan fingerprint density at radius 3 is 2.45 bits per heavy atom. The third-order valence-corrected chi connectivity index (χ3v) is 8.96. The maximum atomic E-state index is 15.4. The van der Waals surface area contributed by atoms with Crippen LogP contribution in [0.2, 0.25) is 25.7 Å². The van der Waals surface area contributed by atoms with Crippen LogP contribution in [-0.2, 0) is 27.2 Å². The number of ether oxygens (including phenoxy) is 3. The van der Waals surface area contributed by atoms with E-state index in [-0.39, 0.29) is 30.8 Å². The van der Waals surface area contributed by atoms with E-state index >= 15 is 4.39 Å². The largest absolute Gasteiger partial charge is 0.476 e. The van der Waals surface area contributed by atoms with E-state index in [0.29, 0.717) is 48.6 Å². The molecule has 3 heterocycles. The summed E-state index contributed by atoms with van der Waals surface area (Å²) in [6.07, 6.45) is 1.27. The average molecular weight is 609 g/mol. The van der Waals surface area contributed by atoms with Gasteiger partial charge in [0.05, 0.1) is 6.61 Å². The monoisotopic (exact) mass is 608 g/mol. The number of alkyl halides is 3. The quantitative estimate of drug-likeness (QED) is 0.0957. The number of rotatable bonds is 12.